The second-order valence-corrected chi connectivity index (χ2v) is 10.1. The van der Waals surface area contributed by atoms with E-state index in [9.17, 15) is 9.59 Å². The molecule has 0 radical (unpaired) electrons. The van der Waals surface area contributed by atoms with E-state index in [2.05, 4.69) is 5.10 Å². The number of nitrogens with zero attached hydrogens (tertiary/aromatic N) is 4. The number of aromatic nitrogens is 2. The number of amides is 2. The highest BCUT2D eigenvalue weighted by atomic mass is 16.6. The first-order valence-electron chi connectivity index (χ1n) is 12.2. The van der Waals surface area contributed by atoms with E-state index in [1.807, 2.05) is 60.7 Å². The third-order valence-electron chi connectivity index (χ3n) is 6.46. The second-order valence-electron chi connectivity index (χ2n) is 10.1. The molecule has 2 fully saturated rings. The van der Waals surface area contributed by atoms with Gasteiger partial charge in [0, 0.05) is 32.1 Å². The molecule has 0 N–H and O–H groups in total. The fourth-order valence-electron chi connectivity index (χ4n) is 4.80. The van der Waals surface area contributed by atoms with Crippen LogP contribution in [0, 0.1) is 0 Å². The lowest BCUT2D eigenvalue weighted by molar-refractivity contribution is 0.0203. The Morgan fingerprint density at radius 2 is 1.55 bits per heavy atom. The summed E-state index contributed by atoms with van der Waals surface area (Å²) in [7, 11) is 0. The van der Waals surface area contributed by atoms with E-state index in [0.29, 0.717) is 18.7 Å². The van der Waals surface area contributed by atoms with Crippen molar-refractivity contribution in [3.8, 4) is 5.69 Å². The topological polar surface area (TPSA) is 67.7 Å². The number of hydrogen-bond acceptors (Lipinski definition) is 4. The van der Waals surface area contributed by atoms with Crippen molar-refractivity contribution in [1.29, 1.82) is 0 Å². The highest BCUT2D eigenvalue weighted by molar-refractivity contribution is 5.95. The largest absolute Gasteiger partial charge is 0.444 e. The number of hydrogen-bond donors (Lipinski definition) is 0. The van der Waals surface area contributed by atoms with E-state index in [4.69, 9.17) is 4.74 Å². The Labute approximate surface area is 196 Å². The van der Waals surface area contributed by atoms with Crippen LogP contribution in [0.5, 0.6) is 0 Å². The molecular weight excluding hydrogens is 416 g/mol. The van der Waals surface area contributed by atoms with Crippen molar-refractivity contribution in [2.24, 2.45) is 0 Å². The molecule has 0 aliphatic carbocycles. The smallest absolute Gasteiger partial charge is 0.410 e. The number of ether oxygens (including phenoxy) is 1. The zero-order chi connectivity index (χ0) is 23.4. The molecule has 0 unspecified atom stereocenters. The maximum Gasteiger partial charge on any atom is 0.410 e. The minimum absolute atomic E-state index is 0.0867. The third kappa shape index (κ3) is 5.57. The van der Waals surface area contributed by atoms with Crippen molar-refractivity contribution < 1.29 is 14.3 Å². The molecule has 2 aliphatic rings. The summed E-state index contributed by atoms with van der Waals surface area (Å²) in [5.74, 6) is 0.237. The highest BCUT2D eigenvalue weighted by Crippen LogP contribution is 2.33. The molecule has 178 valence electrons. The zero-order valence-corrected chi connectivity index (χ0v) is 20.1. The molecule has 0 saturated carbocycles. The number of rotatable bonds is 3. The summed E-state index contributed by atoms with van der Waals surface area (Å²) < 4.78 is 7.49. The highest BCUT2D eigenvalue weighted by Gasteiger charge is 2.33. The fraction of sp³-hybridized carbons (Fsp3) is 0.577. The number of piperidine rings is 1. The van der Waals surface area contributed by atoms with Crippen LogP contribution < -0.4 is 0 Å². The van der Waals surface area contributed by atoms with E-state index in [0.717, 1.165) is 50.2 Å². The van der Waals surface area contributed by atoms with E-state index in [1.54, 1.807) is 11.1 Å². The number of benzene rings is 1. The number of carbonyl (C=O) groups is 2. The first-order valence-corrected chi connectivity index (χ1v) is 12.2. The molecule has 1 aromatic carbocycles. The number of para-hydroxylation sites is 1. The van der Waals surface area contributed by atoms with Crippen LogP contribution in [0.1, 0.15) is 81.3 Å². The molecular formula is C26H36N4O3. The summed E-state index contributed by atoms with van der Waals surface area (Å²) in [6.07, 6.45) is 7.51. The summed E-state index contributed by atoms with van der Waals surface area (Å²) >= 11 is 0. The average Bonchev–Trinajstić information content (AvgIpc) is 3.05. The fourth-order valence-corrected chi connectivity index (χ4v) is 4.80. The van der Waals surface area contributed by atoms with Crippen molar-refractivity contribution >= 4 is 12.0 Å². The van der Waals surface area contributed by atoms with Crippen molar-refractivity contribution in [1.82, 2.24) is 19.6 Å². The summed E-state index contributed by atoms with van der Waals surface area (Å²) in [5, 5.41) is 4.67. The molecule has 2 saturated heterocycles. The van der Waals surface area contributed by atoms with Gasteiger partial charge in [-0.1, -0.05) is 31.0 Å². The van der Waals surface area contributed by atoms with Crippen molar-refractivity contribution in [2.75, 3.05) is 26.2 Å². The predicted octanol–water partition coefficient (Wildman–Crippen LogP) is 5.00. The zero-order valence-electron chi connectivity index (χ0n) is 20.1. The van der Waals surface area contributed by atoms with Gasteiger partial charge in [0.1, 0.15) is 5.60 Å². The van der Waals surface area contributed by atoms with Crippen LogP contribution >= 0.6 is 0 Å². The van der Waals surface area contributed by atoms with Gasteiger partial charge in [-0.15, -0.1) is 0 Å². The standard InChI is InChI=1S/C26H36N4O3/c1-26(2,3)33-25(32)29-17-13-20(14-18-29)23-22(24(31)28-15-9-4-5-10-16-28)19-27-30(23)21-11-7-6-8-12-21/h6-8,11-12,19-20H,4-5,9-10,13-18H2,1-3H3. The van der Waals surface area contributed by atoms with E-state index >= 15 is 0 Å². The van der Waals surface area contributed by atoms with Crippen LogP contribution in [0.25, 0.3) is 5.69 Å². The molecule has 2 aromatic rings. The Kier molecular flexibility index (Phi) is 7.05. The molecule has 7 nitrogen and oxygen atoms in total. The van der Waals surface area contributed by atoms with Gasteiger partial charge in [0.2, 0.25) is 0 Å². The Morgan fingerprint density at radius 1 is 0.909 bits per heavy atom. The lowest BCUT2D eigenvalue weighted by atomic mass is 9.90. The van der Waals surface area contributed by atoms with E-state index < -0.39 is 5.60 Å². The molecule has 0 spiro atoms. The van der Waals surface area contributed by atoms with Gasteiger partial charge in [-0.25, -0.2) is 9.48 Å². The minimum Gasteiger partial charge on any atom is -0.444 e. The molecule has 3 heterocycles. The van der Waals surface area contributed by atoms with Crippen LogP contribution in [0.4, 0.5) is 4.79 Å². The Balaban J connectivity index is 1.59. The number of likely N-dealkylation sites (tertiary alicyclic amines) is 2. The van der Waals surface area contributed by atoms with Gasteiger partial charge in [-0.2, -0.15) is 5.10 Å². The summed E-state index contributed by atoms with van der Waals surface area (Å²) in [4.78, 5) is 29.9. The van der Waals surface area contributed by atoms with Gasteiger partial charge in [0.05, 0.1) is 23.1 Å². The van der Waals surface area contributed by atoms with Gasteiger partial charge in [0.15, 0.2) is 0 Å². The minimum atomic E-state index is -0.507. The van der Waals surface area contributed by atoms with Crippen LogP contribution in [0.15, 0.2) is 36.5 Å². The molecule has 1 aromatic heterocycles. The Hall–Kier alpha value is -2.83. The van der Waals surface area contributed by atoms with Crippen molar-refractivity contribution in [3.63, 3.8) is 0 Å². The molecule has 2 amide bonds. The quantitative estimate of drug-likeness (QED) is 0.657. The monoisotopic (exact) mass is 452 g/mol. The molecule has 7 heteroatoms. The average molecular weight is 453 g/mol. The molecule has 0 bridgehead atoms. The summed E-state index contributed by atoms with van der Waals surface area (Å²) in [6, 6.07) is 10.00. The predicted molar refractivity (Wildman–Crippen MR) is 128 cm³/mol. The Morgan fingerprint density at radius 3 is 2.15 bits per heavy atom. The normalized spacial score (nSPS) is 18.2. The van der Waals surface area contributed by atoms with Crippen LogP contribution in [-0.2, 0) is 4.74 Å². The molecule has 2 aliphatic heterocycles. The lowest BCUT2D eigenvalue weighted by Crippen LogP contribution is -2.41. The van der Waals surface area contributed by atoms with Crippen LogP contribution in [0.3, 0.4) is 0 Å². The SMILES string of the molecule is CC(C)(C)OC(=O)N1CCC(c2c(C(=O)N3CCCCCC3)cnn2-c2ccccc2)CC1. The van der Waals surface area contributed by atoms with E-state index in [1.165, 1.54) is 12.8 Å². The Bertz CT molecular complexity index is 948. The maximum absolute atomic E-state index is 13.6. The van der Waals surface area contributed by atoms with Gasteiger partial charge in [-0.3, -0.25) is 4.79 Å². The second kappa shape index (κ2) is 9.98. The van der Waals surface area contributed by atoms with Gasteiger partial charge in [0.25, 0.3) is 5.91 Å². The summed E-state index contributed by atoms with van der Waals surface area (Å²) in [5.41, 5.74) is 2.12. The van der Waals surface area contributed by atoms with Gasteiger partial charge in [-0.05, 0) is 58.6 Å². The van der Waals surface area contributed by atoms with E-state index in [-0.39, 0.29) is 17.9 Å². The first kappa shape index (κ1) is 23.3. The number of carbonyl (C=O) groups excluding carboxylic acids is 2. The molecule has 33 heavy (non-hydrogen) atoms. The van der Waals surface area contributed by atoms with Crippen LogP contribution in [0.2, 0.25) is 0 Å². The third-order valence-corrected chi connectivity index (χ3v) is 6.46. The van der Waals surface area contributed by atoms with Crippen molar-refractivity contribution in [2.45, 2.75) is 70.8 Å². The summed E-state index contributed by atoms with van der Waals surface area (Å²) in [6.45, 7) is 8.50. The first-order chi connectivity index (χ1) is 15.8. The van der Waals surface area contributed by atoms with Gasteiger partial charge >= 0.3 is 6.09 Å². The lowest BCUT2D eigenvalue weighted by Gasteiger charge is -2.34. The van der Waals surface area contributed by atoms with Gasteiger partial charge < -0.3 is 14.5 Å². The maximum atomic E-state index is 13.6. The van der Waals surface area contributed by atoms with Crippen molar-refractivity contribution in [3.05, 3.63) is 47.8 Å². The molecule has 0 atom stereocenters. The molecule has 4 rings (SSSR count). The van der Waals surface area contributed by atoms with Crippen LogP contribution in [-0.4, -0.2) is 63.4 Å².